The number of rotatable bonds is 5. The molecule has 2 aromatic rings. The molecule has 1 heterocycles. The highest BCUT2D eigenvalue weighted by atomic mass is 16.2. The Morgan fingerprint density at radius 1 is 0.808 bits per heavy atom. The molecule has 0 spiro atoms. The van der Waals surface area contributed by atoms with Crippen molar-refractivity contribution in [1.29, 1.82) is 0 Å². The first-order chi connectivity index (χ1) is 12.6. The van der Waals surface area contributed by atoms with Crippen molar-refractivity contribution in [1.82, 2.24) is 0 Å². The van der Waals surface area contributed by atoms with Crippen molar-refractivity contribution in [2.75, 3.05) is 28.6 Å². The summed E-state index contributed by atoms with van der Waals surface area (Å²) in [6.45, 7) is 4.16. The number of nitrogens with one attached hydrogen (secondary N) is 2. The molecule has 1 aliphatic heterocycles. The third-order valence-corrected chi connectivity index (χ3v) is 4.53. The van der Waals surface area contributed by atoms with Crippen molar-refractivity contribution in [3.63, 3.8) is 0 Å². The van der Waals surface area contributed by atoms with E-state index in [0.29, 0.717) is 11.4 Å². The molecule has 0 aliphatic carbocycles. The number of carbonyl (C=O) groups is 2. The van der Waals surface area contributed by atoms with Gasteiger partial charge in [-0.25, -0.2) is 0 Å². The first-order valence-electron chi connectivity index (χ1n) is 9.11. The maximum atomic E-state index is 12.1. The molecule has 0 atom stereocenters. The smallest absolute Gasteiger partial charge is 0.233 e. The highest BCUT2D eigenvalue weighted by Gasteiger charge is 2.12. The summed E-state index contributed by atoms with van der Waals surface area (Å²) in [5.41, 5.74) is 3.70. The Bertz CT molecular complexity index is 748. The summed E-state index contributed by atoms with van der Waals surface area (Å²) in [7, 11) is 0. The van der Waals surface area contributed by atoms with Crippen LogP contribution in [0.25, 0.3) is 0 Å². The Morgan fingerprint density at radius 2 is 1.31 bits per heavy atom. The summed E-state index contributed by atoms with van der Waals surface area (Å²) < 4.78 is 0. The number of piperidine rings is 1. The van der Waals surface area contributed by atoms with Gasteiger partial charge < -0.3 is 15.5 Å². The second kappa shape index (κ2) is 8.52. The third-order valence-electron chi connectivity index (χ3n) is 4.53. The van der Waals surface area contributed by atoms with Crippen LogP contribution in [0.3, 0.4) is 0 Å². The van der Waals surface area contributed by atoms with E-state index >= 15 is 0 Å². The molecule has 5 nitrogen and oxygen atoms in total. The molecule has 0 radical (unpaired) electrons. The molecule has 1 saturated heterocycles. The molecule has 5 heteroatoms. The van der Waals surface area contributed by atoms with E-state index in [1.54, 1.807) is 0 Å². The van der Waals surface area contributed by atoms with Crippen molar-refractivity contribution in [3.05, 3.63) is 54.1 Å². The Kier molecular flexibility index (Phi) is 5.89. The zero-order valence-electron chi connectivity index (χ0n) is 15.1. The molecule has 0 unspecified atom stereocenters. The Hall–Kier alpha value is -2.82. The topological polar surface area (TPSA) is 61.4 Å². The lowest BCUT2D eigenvalue weighted by Crippen LogP contribution is -2.29. The molecular weight excluding hydrogens is 326 g/mol. The van der Waals surface area contributed by atoms with Gasteiger partial charge in [0, 0.05) is 30.2 Å². The van der Waals surface area contributed by atoms with Crippen molar-refractivity contribution in [3.8, 4) is 0 Å². The van der Waals surface area contributed by atoms with Gasteiger partial charge in [0.1, 0.15) is 6.42 Å². The van der Waals surface area contributed by atoms with Gasteiger partial charge in [0.25, 0.3) is 0 Å². The highest BCUT2D eigenvalue weighted by Crippen LogP contribution is 2.21. The monoisotopic (exact) mass is 351 g/mol. The third kappa shape index (κ3) is 5.09. The normalized spacial score (nSPS) is 14.0. The molecule has 3 rings (SSSR count). The van der Waals surface area contributed by atoms with E-state index in [4.69, 9.17) is 0 Å². The largest absolute Gasteiger partial charge is 0.372 e. The predicted molar refractivity (Wildman–Crippen MR) is 106 cm³/mol. The van der Waals surface area contributed by atoms with Gasteiger partial charge in [-0.3, -0.25) is 9.59 Å². The lowest BCUT2D eigenvalue weighted by Gasteiger charge is -2.28. The number of hydrogen-bond acceptors (Lipinski definition) is 3. The summed E-state index contributed by atoms with van der Waals surface area (Å²) >= 11 is 0. The van der Waals surface area contributed by atoms with Crippen LogP contribution in [0.4, 0.5) is 17.1 Å². The number of nitrogens with zero attached hydrogens (tertiary/aromatic N) is 1. The van der Waals surface area contributed by atoms with Crippen molar-refractivity contribution >= 4 is 28.9 Å². The van der Waals surface area contributed by atoms with E-state index in [2.05, 4.69) is 15.5 Å². The van der Waals surface area contributed by atoms with Crippen LogP contribution >= 0.6 is 0 Å². The molecule has 2 aromatic carbocycles. The van der Waals surface area contributed by atoms with Gasteiger partial charge in [-0.2, -0.15) is 0 Å². The van der Waals surface area contributed by atoms with Gasteiger partial charge in [-0.15, -0.1) is 0 Å². The minimum Gasteiger partial charge on any atom is -0.372 e. The molecule has 0 bridgehead atoms. The Balaban J connectivity index is 1.49. The molecule has 0 saturated carbocycles. The van der Waals surface area contributed by atoms with Gasteiger partial charge in [-0.1, -0.05) is 17.7 Å². The Labute approximate surface area is 154 Å². The summed E-state index contributed by atoms with van der Waals surface area (Å²) in [5, 5.41) is 5.51. The van der Waals surface area contributed by atoms with Crippen LogP contribution in [0.5, 0.6) is 0 Å². The van der Waals surface area contributed by atoms with Gasteiger partial charge in [0.15, 0.2) is 0 Å². The SMILES string of the molecule is Cc1ccc(NC(=O)CC(=O)Nc2ccc(N3CCCCC3)cc2)cc1. The van der Waals surface area contributed by atoms with Crippen LogP contribution in [0.1, 0.15) is 31.2 Å². The molecule has 0 aromatic heterocycles. The second-order valence-corrected chi connectivity index (χ2v) is 6.73. The zero-order chi connectivity index (χ0) is 18.4. The van der Waals surface area contributed by atoms with Crippen LogP contribution in [-0.2, 0) is 9.59 Å². The maximum Gasteiger partial charge on any atom is 0.233 e. The average Bonchev–Trinajstić information content (AvgIpc) is 2.65. The van der Waals surface area contributed by atoms with Gasteiger partial charge in [0.2, 0.25) is 11.8 Å². The summed E-state index contributed by atoms with van der Waals surface area (Å²) in [4.78, 5) is 26.4. The van der Waals surface area contributed by atoms with E-state index in [1.807, 2.05) is 55.5 Å². The lowest BCUT2D eigenvalue weighted by atomic mass is 10.1. The quantitative estimate of drug-likeness (QED) is 0.802. The fourth-order valence-corrected chi connectivity index (χ4v) is 3.10. The highest BCUT2D eigenvalue weighted by molar-refractivity contribution is 6.08. The molecule has 2 amide bonds. The standard InChI is InChI=1S/C21H25N3O2/c1-16-5-7-17(8-6-16)22-20(25)15-21(26)23-18-9-11-19(12-10-18)24-13-3-2-4-14-24/h5-12H,2-4,13-15H2,1H3,(H,22,25)(H,23,26). The minimum absolute atomic E-state index is 0.207. The lowest BCUT2D eigenvalue weighted by molar-refractivity contribution is -0.123. The second-order valence-electron chi connectivity index (χ2n) is 6.73. The van der Waals surface area contributed by atoms with Crippen molar-refractivity contribution < 1.29 is 9.59 Å². The average molecular weight is 351 g/mol. The fraction of sp³-hybridized carbons (Fsp3) is 0.333. The molecule has 1 aliphatic rings. The molecule has 2 N–H and O–H groups in total. The van der Waals surface area contributed by atoms with Crippen LogP contribution in [0.2, 0.25) is 0 Å². The Morgan fingerprint density at radius 3 is 1.85 bits per heavy atom. The molecule has 136 valence electrons. The predicted octanol–water partition coefficient (Wildman–Crippen LogP) is 3.95. The van der Waals surface area contributed by atoms with Crippen LogP contribution < -0.4 is 15.5 Å². The zero-order valence-corrected chi connectivity index (χ0v) is 15.1. The van der Waals surface area contributed by atoms with Gasteiger partial charge in [-0.05, 0) is 62.6 Å². The summed E-state index contributed by atoms with van der Waals surface area (Å²) in [6.07, 6.45) is 3.56. The first kappa shape index (κ1) is 18.0. The molecule has 26 heavy (non-hydrogen) atoms. The van der Waals surface area contributed by atoms with Crippen LogP contribution in [-0.4, -0.2) is 24.9 Å². The van der Waals surface area contributed by atoms with Crippen molar-refractivity contribution in [2.45, 2.75) is 32.6 Å². The number of benzene rings is 2. The maximum absolute atomic E-state index is 12.1. The number of carbonyl (C=O) groups excluding carboxylic acids is 2. The van der Waals surface area contributed by atoms with Gasteiger partial charge in [0.05, 0.1) is 0 Å². The summed E-state index contributed by atoms with van der Waals surface area (Å²) in [6, 6.07) is 15.3. The minimum atomic E-state index is -0.323. The first-order valence-corrected chi connectivity index (χ1v) is 9.11. The van der Waals surface area contributed by atoms with E-state index in [0.717, 1.165) is 18.7 Å². The number of amides is 2. The van der Waals surface area contributed by atoms with E-state index in [1.165, 1.54) is 24.9 Å². The number of hydrogen-bond donors (Lipinski definition) is 2. The van der Waals surface area contributed by atoms with Crippen molar-refractivity contribution in [2.24, 2.45) is 0 Å². The number of anilines is 3. The van der Waals surface area contributed by atoms with E-state index < -0.39 is 0 Å². The molecular formula is C21H25N3O2. The van der Waals surface area contributed by atoms with Gasteiger partial charge >= 0.3 is 0 Å². The van der Waals surface area contributed by atoms with Crippen LogP contribution in [0, 0.1) is 6.92 Å². The van der Waals surface area contributed by atoms with E-state index in [9.17, 15) is 9.59 Å². The number of aryl methyl sites for hydroxylation is 1. The van der Waals surface area contributed by atoms with E-state index in [-0.39, 0.29) is 18.2 Å². The summed E-state index contributed by atoms with van der Waals surface area (Å²) in [5.74, 6) is -0.642. The van der Waals surface area contributed by atoms with Crippen LogP contribution in [0.15, 0.2) is 48.5 Å². The molecule has 1 fully saturated rings. The fourth-order valence-electron chi connectivity index (χ4n) is 3.10.